The van der Waals surface area contributed by atoms with Gasteiger partial charge in [0, 0.05) is 17.5 Å². The number of hydrogen-bond acceptors (Lipinski definition) is 6. The molecule has 0 aliphatic heterocycles. The summed E-state index contributed by atoms with van der Waals surface area (Å²) >= 11 is 0. The number of ether oxygens (including phenoxy) is 3. The Kier molecular flexibility index (Phi) is 5.89. The molecule has 0 saturated carbocycles. The largest absolute Gasteiger partial charge is 0.500 e. The molecule has 6 nitrogen and oxygen atoms in total. The zero-order valence-electron chi connectivity index (χ0n) is 14.2. The molecule has 0 atom stereocenters. The van der Waals surface area contributed by atoms with Crippen molar-refractivity contribution in [2.24, 2.45) is 0 Å². The molecule has 0 fully saturated rings. The lowest BCUT2D eigenvalue weighted by Gasteiger charge is -2.12. The third kappa shape index (κ3) is 4.10. The molecule has 0 amide bonds. The van der Waals surface area contributed by atoms with Crippen molar-refractivity contribution in [1.82, 2.24) is 9.97 Å². The Labute approximate surface area is 141 Å². The van der Waals surface area contributed by atoms with Gasteiger partial charge in [-0.2, -0.15) is 0 Å². The first-order valence-corrected chi connectivity index (χ1v) is 7.51. The van der Waals surface area contributed by atoms with Crippen LogP contribution in [-0.2, 0) is 20.7 Å². The van der Waals surface area contributed by atoms with Crippen molar-refractivity contribution < 1.29 is 19.0 Å². The third-order valence-electron chi connectivity index (χ3n) is 3.35. The fourth-order valence-electron chi connectivity index (χ4n) is 2.02. The summed E-state index contributed by atoms with van der Waals surface area (Å²) in [5, 5.41) is 0. The average molecular weight is 328 g/mol. The van der Waals surface area contributed by atoms with E-state index in [9.17, 15) is 4.79 Å². The van der Waals surface area contributed by atoms with Gasteiger partial charge in [-0.3, -0.25) is 0 Å². The lowest BCUT2D eigenvalue weighted by Crippen LogP contribution is -2.11. The molecule has 0 bridgehead atoms. The maximum atomic E-state index is 11.7. The van der Waals surface area contributed by atoms with Gasteiger partial charge < -0.3 is 14.2 Å². The summed E-state index contributed by atoms with van der Waals surface area (Å²) < 4.78 is 15.2. The molecule has 0 spiro atoms. The number of hydrogen-bond donors (Lipinski definition) is 0. The van der Waals surface area contributed by atoms with Gasteiger partial charge in [0.1, 0.15) is 12.0 Å². The summed E-state index contributed by atoms with van der Waals surface area (Å²) in [6.45, 7) is 3.91. The first-order chi connectivity index (χ1) is 11.6. The number of benzene rings is 1. The second-order valence-electron chi connectivity index (χ2n) is 5.02. The molecule has 0 unspecified atom stereocenters. The molecule has 6 heteroatoms. The van der Waals surface area contributed by atoms with Gasteiger partial charge in [-0.1, -0.05) is 19.1 Å². The number of nitrogens with zero attached hydrogens (tertiary/aromatic N) is 2. The van der Waals surface area contributed by atoms with Gasteiger partial charge in [0.2, 0.25) is 5.76 Å². The van der Waals surface area contributed by atoms with E-state index in [-0.39, 0.29) is 5.76 Å². The predicted molar refractivity (Wildman–Crippen MR) is 89.3 cm³/mol. The molecule has 1 heterocycles. The van der Waals surface area contributed by atoms with Crippen LogP contribution in [0.2, 0.25) is 0 Å². The molecular weight excluding hydrogens is 308 g/mol. The Bertz CT molecular complexity index is 756. The molecule has 0 aliphatic carbocycles. The summed E-state index contributed by atoms with van der Waals surface area (Å²) in [5.41, 5.74) is 2.61. The standard InChI is InChI=1S/C18H20N2O4/c1-5-14-8-9-19-17(20-14)13-7-6-12(2)15(10-13)24-16(11-22-3)18(21)23-4/h6-11H,5H2,1-4H3. The van der Waals surface area contributed by atoms with E-state index in [0.717, 1.165) is 23.2 Å². The fraction of sp³-hybridized carbons (Fsp3) is 0.278. The SMILES string of the molecule is CCc1ccnc(-c2ccc(C)c(OC(=COC)C(=O)OC)c2)n1. The van der Waals surface area contributed by atoms with Crippen molar-refractivity contribution in [3.05, 3.63) is 53.7 Å². The zero-order chi connectivity index (χ0) is 17.5. The van der Waals surface area contributed by atoms with Crippen molar-refractivity contribution >= 4 is 5.97 Å². The lowest BCUT2D eigenvalue weighted by molar-refractivity contribution is -0.138. The van der Waals surface area contributed by atoms with Crippen molar-refractivity contribution in [2.45, 2.75) is 20.3 Å². The summed E-state index contributed by atoms with van der Waals surface area (Å²) in [6.07, 6.45) is 3.76. The van der Waals surface area contributed by atoms with Crippen LogP contribution in [-0.4, -0.2) is 30.2 Å². The van der Waals surface area contributed by atoms with Crippen LogP contribution < -0.4 is 4.74 Å². The Balaban J connectivity index is 2.37. The van der Waals surface area contributed by atoms with E-state index in [1.165, 1.54) is 20.5 Å². The van der Waals surface area contributed by atoms with Crippen LogP contribution in [0.15, 0.2) is 42.5 Å². The third-order valence-corrected chi connectivity index (χ3v) is 3.35. The minimum atomic E-state index is -0.620. The van der Waals surface area contributed by atoms with Crippen LogP contribution >= 0.6 is 0 Å². The topological polar surface area (TPSA) is 70.5 Å². The molecule has 0 saturated heterocycles. The minimum absolute atomic E-state index is 0.0384. The number of esters is 1. The van der Waals surface area contributed by atoms with Gasteiger partial charge in [-0.25, -0.2) is 14.8 Å². The number of methoxy groups -OCH3 is 2. The summed E-state index contributed by atoms with van der Waals surface area (Å²) in [6, 6.07) is 7.46. The number of aryl methyl sites for hydroxylation is 2. The molecule has 0 N–H and O–H groups in total. The van der Waals surface area contributed by atoms with E-state index >= 15 is 0 Å². The molecule has 24 heavy (non-hydrogen) atoms. The van der Waals surface area contributed by atoms with Crippen LogP contribution in [0.25, 0.3) is 11.4 Å². The van der Waals surface area contributed by atoms with Gasteiger partial charge in [0.15, 0.2) is 5.82 Å². The summed E-state index contributed by atoms with van der Waals surface area (Å²) in [4.78, 5) is 20.5. The number of carbonyl (C=O) groups is 1. The fourth-order valence-corrected chi connectivity index (χ4v) is 2.02. The molecule has 2 rings (SSSR count). The van der Waals surface area contributed by atoms with Gasteiger partial charge in [0.25, 0.3) is 0 Å². The lowest BCUT2D eigenvalue weighted by atomic mass is 10.1. The van der Waals surface area contributed by atoms with Crippen molar-refractivity contribution in [2.75, 3.05) is 14.2 Å². The highest BCUT2D eigenvalue weighted by molar-refractivity contribution is 5.86. The predicted octanol–water partition coefficient (Wildman–Crippen LogP) is 3.05. The highest BCUT2D eigenvalue weighted by Crippen LogP contribution is 2.26. The highest BCUT2D eigenvalue weighted by Gasteiger charge is 2.15. The highest BCUT2D eigenvalue weighted by atomic mass is 16.6. The number of rotatable bonds is 6. The molecule has 0 radical (unpaired) electrons. The van der Waals surface area contributed by atoms with E-state index in [4.69, 9.17) is 9.47 Å². The molecule has 1 aromatic carbocycles. The smallest absolute Gasteiger partial charge is 0.377 e. The van der Waals surface area contributed by atoms with Crippen LogP contribution in [0.3, 0.4) is 0 Å². The maximum absolute atomic E-state index is 11.7. The zero-order valence-corrected chi connectivity index (χ0v) is 14.2. The monoisotopic (exact) mass is 328 g/mol. The van der Waals surface area contributed by atoms with E-state index in [2.05, 4.69) is 14.7 Å². The van der Waals surface area contributed by atoms with E-state index < -0.39 is 5.97 Å². The second kappa shape index (κ2) is 8.10. The van der Waals surface area contributed by atoms with Crippen LogP contribution in [0.4, 0.5) is 0 Å². The van der Waals surface area contributed by atoms with Gasteiger partial charge in [-0.05, 0) is 31.0 Å². The van der Waals surface area contributed by atoms with Gasteiger partial charge >= 0.3 is 5.97 Å². The van der Waals surface area contributed by atoms with Crippen LogP contribution in [0.5, 0.6) is 5.75 Å². The van der Waals surface area contributed by atoms with Gasteiger partial charge in [0.05, 0.1) is 14.2 Å². The molecule has 126 valence electrons. The maximum Gasteiger partial charge on any atom is 0.377 e. The van der Waals surface area contributed by atoms with E-state index in [0.29, 0.717) is 11.6 Å². The van der Waals surface area contributed by atoms with Crippen LogP contribution in [0, 0.1) is 6.92 Å². The Morgan fingerprint density at radius 3 is 2.71 bits per heavy atom. The summed E-state index contributed by atoms with van der Waals surface area (Å²) in [5.74, 6) is 0.454. The molecule has 0 aliphatic rings. The number of aromatic nitrogens is 2. The Morgan fingerprint density at radius 2 is 2.04 bits per heavy atom. The Hall–Kier alpha value is -2.89. The quantitative estimate of drug-likeness (QED) is 0.461. The van der Waals surface area contributed by atoms with E-state index in [1.807, 2.05) is 32.0 Å². The van der Waals surface area contributed by atoms with Crippen molar-refractivity contribution in [1.29, 1.82) is 0 Å². The number of carbonyl (C=O) groups excluding carboxylic acids is 1. The first kappa shape index (κ1) is 17.5. The van der Waals surface area contributed by atoms with E-state index in [1.54, 1.807) is 12.3 Å². The minimum Gasteiger partial charge on any atom is -0.500 e. The molecule has 1 aromatic heterocycles. The first-order valence-electron chi connectivity index (χ1n) is 7.51. The second-order valence-corrected chi connectivity index (χ2v) is 5.02. The van der Waals surface area contributed by atoms with Crippen molar-refractivity contribution in [3.8, 4) is 17.1 Å². The Morgan fingerprint density at radius 1 is 1.25 bits per heavy atom. The van der Waals surface area contributed by atoms with Gasteiger partial charge in [-0.15, -0.1) is 0 Å². The van der Waals surface area contributed by atoms with Crippen molar-refractivity contribution in [3.63, 3.8) is 0 Å². The molecular formula is C18H20N2O4. The normalized spacial score (nSPS) is 11.1. The molecule has 2 aromatic rings. The average Bonchev–Trinajstić information content (AvgIpc) is 2.62. The van der Waals surface area contributed by atoms with Crippen LogP contribution in [0.1, 0.15) is 18.2 Å². The summed E-state index contributed by atoms with van der Waals surface area (Å²) in [7, 11) is 2.71.